The molecule has 90 valence electrons. The third-order valence-electron chi connectivity index (χ3n) is 2.26. The summed E-state index contributed by atoms with van der Waals surface area (Å²) in [5, 5.41) is 2.48. The molecule has 6 heteroatoms. The van der Waals surface area contributed by atoms with Crippen LogP contribution in [0.25, 0.3) is 11.0 Å². The van der Waals surface area contributed by atoms with Crippen molar-refractivity contribution in [1.29, 1.82) is 0 Å². The Morgan fingerprint density at radius 1 is 1.29 bits per heavy atom. The van der Waals surface area contributed by atoms with E-state index in [0.717, 1.165) is 0 Å². The summed E-state index contributed by atoms with van der Waals surface area (Å²) in [6.07, 6.45) is -3.53. The van der Waals surface area contributed by atoms with Crippen molar-refractivity contribution in [3.8, 4) is 0 Å². The van der Waals surface area contributed by atoms with Crippen molar-refractivity contribution in [2.45, 2.75) is 12.7 Å². The molecule has 2 aromatic rings. The molecule has 0 aliphatic carbocycles. The van der Waals surface area contributed by atoms with Crippen LogP contribution in [0.4, 0.5) is 13.2 Å². The van der Waals surface area contributed by atoms with E-state index in [-0.39, 0.29) is 6.54 Å². The predicted molar refractivity (Wildman–Crippen MR) is 54.1 cm³/mol. The average Bonchev–Trinajstić information content (AvgIpc) is 2.68. The molecule has 0 atom stereocenters. The lowest BCUT2D eigenvalue weighted by molar-refractivity contribution is -0.173. The number of halogens is 3. The highest BCUT2D eigenvalue weighted by molar-refractivity contribution is 5.84. The Hall–Kier alpha value is -1.98. The van der Waals surface area contributed by atoms with Crippen molar-refractivity contribution in [2.24, 2.45) is 0 Å². The quantitative estimate of drug-likeness (QED) is 0.880. The van der Waals surface area contributed by atoms with Crippen LogP contribution < -0.4 is 5.32 Å². The number of amides is 1. The van der Waals surface area contributed by atoms with Gasteiger partial charge in [-0.25, -0.2) is 0 Å². The number of rotatable bonds is 2. The number of nitrogens with one attached hydrogen (secondary N) is 1. The molecule has 0 saturated heterocycles. The summed E-state index contributed by atoms with van der Waals surface area (Å²) in [5.41, 5.74) is 1.09. The highest BCUT2D eigenvalue weighted by Gasteiger charge is 2.38. The van der Waals surface area contributed by atoms with E-state index in [2.05, 4.69) is 0 Å². The van der Waals surface area contributed by atoms with Gasteiger partial charge in [0.2, 0.25) is 0 Å². The zero-order valence-electron chi connectivity index (χ0n) is 8.54. The molecular formula is C11H8F3NO2. The molecular weight excluding hydrogens is 235 g/mol. The molecule has 2 rings (SSSR count). The van der Waals surface area contributed by atoms with Crippen LogP contribution >= 0.6 is 0 Å². The normalized spacial score (nSPS) is 11.7. The molecule has 0 fully saturated rings. The molecule has 0 unspecified atom stereocenters. The van der Waals surface area contributed by atoms with Crippen molar-refractivity contribution < 1.29 is 22.4 Å². The standard InChI is InChI=1S/C11H8F3NO2/c12-11(13,14)10(16)15-5-7-6-17-9-4-2-1-3-8(7)9/h1-4,6H,5H2,(H,15,16). The topological polar surface area (TPSA) is 42.2 Å². The number of fused-ring (bicyclic) bond motifs is 1. The lowest BCUT2D eigenvalue weighted by Crippen LogP contribution is -2.36. The van der Waals surface area contributed by atoms with Gasteiger partial charge in [-0.2, -0.15) is 13.2 Å². The molecule has 1 heterocycles. The number of benzene rings is 1. The van der Waals surface area contributed by atoms with Crippen LogP contribution in [0.2, 0.25) is 0 Å². The highest BCUT2D eigenvalue weighted by atomic mass is 19.4. The lowest BCUT2D eigenvalue weighted by atomic mass is 10.2. The fraction of sp³-hybridized carbons (Fsp3) is 0.182. The van der Waals surface area contributed by atoms with E-state index in [1.807, 2.05) is 0 Å². The monoisotopic (exact) mass is 243 g/mol. The minimum Gasteiger partial charge on any atom is -0.464 e. The molecule has 0 radical (unpaired) electrons. The molecule has 0 bridgehead atoms. The van der Waals surface area contributed by atoms with E-state index in [1.165, 1.54) is 6.26 Å². The van der Waals surface area contributed by atoms with Crippen LogP contribution in [0.3, 0.4) is 0 Å². The fourth-order valence-corrected chi connectivity index (χ4v) is 1.45. The Morgan fingerprint density at radius 2 is 2.00 bits per heavy atom. The van der Waals surface area contributed by atoms with Crippen LogP contribution in [0.15, 0.2) is 34.9 Å². The van der Waals surface area contributed by atoms with Gasteiger partial charge < -0.3 is 9.73 Å². The summed E-state index contributed by atoms with van der Waals surface area (Å²) < 4.78 is 41.0. The zero-order chi connectivity index (χ0) is 12.5. The Balaban J connectivity index is 2.12. The summed E-state index contributed by atoms with van der Waals surface area (Å²) >= 11 is 0. The van der Waals surface area contributed by atoms with Crippen molar-refractivity contribution in [1.82, 2.24) is 5.32 Å². The third-order valence-corrected chi connectivity index (χ3v) is 2.26. The number of alkyl halides is 3. The number of carbonyl (C=O) groups is 1. The Morgan fingerprint density at radius 3 is 2.71 bits per heavy atom. The first-order valence-corrected chi connectivity index (χ1v) is 4.78. The molecule has 0 aliphatic rings. The Kier molecular flexibility index (Phi) is 2.79. The summed E-state index contributed by atoms with van der Waals surface area (Å²) in [6.45, 7) is -0.213. The molecule has 1 aromatic heterocycles. The third kappa shape index (κ3) is 2.41. The summed E-state index contributed by atoms with van der Waals surface area (Å²) in [5.74, 6) is -1.96. The van der Waals surface area contributed by atoms with E-state index in [1.54, 1.807) is 29.6 Å². The summed E-state index contributed by atoms with van der Waals surface area (Å²) in [7, 11) is 0. The van der Waals surface area contributed by atoms with Gasteiger partial charge in [-0.15, -0.1) is 0 Å². The number of para-hydroxylation sites is 1. The zero-order valence-corrected chi connectivity index (χ0v) is 8.54. The smallest absolute Gasteiger partial charge is 0.464 e. The predicted octanol–water partition coefficient (Wildman–Crippen LogP) is 2.61. The van der Waals surface area contributed by atoms with Crippen molar-refractivity contribution in [3.63, 3.8) is 0 Å². The second kappa shape index (κ2) is 4.12. The first kappa shape index (κ1) is 11.5. The number of hydrogen-bond donors (Lipinski definition) is 1. The fourth-order valence-electron chi connectivity index (χ4n) is 1.45. The molecule has 1 N–H and O–H groups in total. The van der Waals surface area contributed by atoms with Gasteiger partial charge in [0, 0.05) is 17.5 Å². The van der Waals surface area contributed by atoms with Gasteiger partial charge in [-0.3, -0.25) is 4.79 Å². The molecule has 0 spiro atoms. The van der Waals surface area contributed by atoms with Gasteiger partial charge >= 0.3 is 12.1 Å². The van der Waals surface area contributed by atoms with E-state index >= 15 is 0 Å². The van der Waals surface area contributed by atoms with Gasteiger partial charge in [0.15, 0.2) is 0 Å². The minimum atomic E-state index is -4.86. The maximum atomic E-state index is 12.0. The van der Waals surface area contributed by atoms with Crippen LogP contribution in [0.1, 0.15) is 5.56 Å². The van der Waals surface area contributed by atoms with E-state index < -0.39 is 12.1 Å². The van der Waals surface area contributed by atoms with E-state index in [4.69, 9.17) is 4.42 Å². The largest absolute Gasteiger partial charge is 0.471 e. The Labute approximate surface area is 94.2 Å². The van der Waals surface area contributed by atoms with Gasteiger partial charge in [0.05, 0.1) is 6.26 Å². The highest BCUT2D eigenvalue weighted by Crippen LogP contribution is 2.21. The summed E-state index contributed by atoms with van der Waals surface area (Å²) in [6, 6.07) is 6.91. The summed E-state index contributed by atoms with van der Waals surface area (Å²) in [4.78, 5) is 10.6. The van der Waals surface area contributed by atoms with Crippen LogP contribution in [-0.4, -0.2) is 12.1 Å². The number of carbonyl (C=O) groups excluding carboxylic acids is 1. The number of hydrogen-bond acceptors (Lipinski definition) is 2. The molecule has 17 heavy (non-hydrogen) atoms. The SMILES string of the molecule is O=C(NCc1coc2ccccc12)C(F)(F)F. The average molecular weight is 243 g/mol. The van der Waals surface area contributed by atoms with Crippen LogP contribution in [0.5, 0.6) is 0 Å². The van der Waals surface area contributed by atoms with Crippen molar-refractivity contribution in [3.05, 3.63) is 36.1 Å². The van der Waals surface area contributed by atoms with Crippen molar-refractivity contribution >= 4 is 16.9 Å². The van der Waals surface area contributed by atoms with Crippen LogP contribution in [0, 0.1) is 0 Å². The van der Waals surface area contributed by atoms with Gasteiger partial charge in [0.25, 0.3) is 0 Å². The minimum absolute atomic E-state index is 0.213. The first-order valence-electron chi connectivity index (χ1n) is 4.78. The molecule has 1 amide bonds. The number of furan rings is 1. The van der Waals surface area contributed by atoms with Gasteiger partial charge in [-0.1, -0.05) is 18.2 Å². The first-order chi connectivity index (χ1) is 7.98. The van der Waals surface area contributed by atoms with Gasteiger partial charge in [-0.05, 0) is 6.07 Å². The molecule has 0 saturated carbocycles. The Bertz CT molecular complexity index is 545. The van der Waals surface area contributed by atoms with E-state index in [9.17, 15) is 18.0 Å². The molecule has 0 aliphatic heterocycles. The van der Waals surface area contributed by atoms with Crippen molar-refractivity contribution in [2.75, 3.05) is 0 Å². The molecule has 3 nitrogen and oxygen atoms in total. The maximum absolute atomic E-state index is 12.0. The second-order valence-corrected chi connectivity index (χ2v) is 3.44. The second-order valence-electron chi connectivity index (χ2n) is 3.44. The van der Waals surface area contributed by atoms with Crippen LogP contribution in [-0.2, 0) is 11.3 Å². The lowest BCUT2D eigenvalue weighted by Gasteiger charge is -2.06. The molecule has 1 aromatic carbocycles. The van der Waals surface area contributed by atoms with Gasteiger partial charge in [0.1, 0.15) is 5.58 Å². The maximum Gasteiger partial charge on any atom is 0.471 e. The van der Waals surface area contributed by atoms with E-state index in [0.29, 0.717) is 16.5 Å².